The summed E-state index contributed by atoms with van der Waals surface area (Å²) in [6.07, 6.45) is 5.07. The number of carbonyl (C=O) groups excluding carboxylic acids is 3. The average Bonchev–Trinajstić information content (AvgIpc) is 3.55. The van der Waals surface area contributed by atoms with E-state index in [0.717, 1.165) is 47.2 Å². The van der Waals surface area contributed by atoms with Crippen molar-refractivity contribution in [3.05, 3.63) is 59.7 Å². The number of nitrogens with one attached hydrogen (secondary N) is 2. The van der Waals surface area contributed by atoms with Gasteiger partial charge in [-0.3, -0.25) is 4.79 Å². The van der Waals surface area contributed by atoms with Crippen LogP contribution in [0.1, 0.15) is 96.0 Å². The molecule has 5 rings (SSSR count). The normalized spacial score (nSPS) is 13.8. The van der Waals surface area contributed by atoms with E-state index in [1.807, 2.05) is 71.9 Å². The molecule has 1 aliphatic rings. The number of likely N-dealkylation sites (tertiary alicyclic amines) is 1. The molecule has 1 aromatic carbocycles. The van der Waals surface area contributed by atoms with Crippen molar-refractivity contribution in [2.45, 2.75) is 104 Å². The number of unbranched alkanes of at least 4 members (excludes halogenated alkanes) is 1. The molecule has 2 N–H and O–H groups in total. The summed E-state index contributed by atoms with van der Waals surface area (Å²) in [5, 5.41) is 7.01. The first-order valence-corrected chi connectivity index (χ1v) is 19.7. The molecule has 4 heterocycles. The second-order valence-electron chi connectivity index (χ2n) is 15.7. The molecule has 3 amide bonds. The number of ether oxygens (including phenoxy) is 3. The summed E-state index contributed by atoms with van der Waals surface area (Å²) in [5.41, 5.74) is 2.12. The molecule has 4 aromatic rings. The van der Waals surface area contributed by atoms with Gasteiger partial charge in [0.2, 0.25) is 0 Å². The first kappa shape index (κ1) is 41.3. The minimum atomic E-state index is -0.587. The number of fused-ring (bicyclic) bond motifs is 1. The number of pyridine rings is 1. The molecule has 0 saturated carbocycles. The van der Waals surface area contributed by atoms with Crippen molar-refractivity contribution < 1.29 is 28.6 Å². The molecule has 1 saturated heterocycles. The van der Waals surface area contributed by atoms with Gasteiger partial charge >= 0.3 is 12.2 Å². The smallest absolute Gasteiger partial charge is 0.410 e. The van der Waals surface area contributed by atoms with Crippen molar-refractivity contribution in [3.63, 3.8) is 0 Å². The summed E-state index contributed by atoms with van der Waals surface area (Å²) in [7, 11) is 1.68. The maximum absolute atomic E-state index is 13.7. The summed E-state index contributed by atoms with van der Waals surface area (Å²) in [4.78, 5) is 61.4. The van der Waals surface area contributed by atoms with Crippen LogP contribution in [-0.4, -0.2) is 98.4 Å². The van der Waals surface area contributed by atoms with Gasteiger partial charge in [-0.05, 0) is 84.6 Å². The summed E-state index contributed by atoms with van der Waals surface area (Å²) < 4.78 is 17.2. The highest BCUT2D eigenvalue weighted by molar-refractivity contribution is 7.21. The first-order valence-electron chi connectivity index (χ1n) is 18.9. The lowest BCUT2D eigenvalue weighted by molar-refractivity contribution is -0.0171. The zero-order valence-corrected chi connectivity index (χ0v) is 34.0. The number of nitrogens with zero attached hydrogens (tertiary/aromatic N) is 6. The number of anilines is 2. The summed E-state index contributed by atoms with van der Waals surface area (Å²) in [5.74, 6) is 0.687. The summed E-state index contributed by atoms with van der Waals surface area (Å²) in [6.45, 7) is 15.5. The van der Waals surface area contributed by atoms with Crippen LogP contribution in [0.25, 0.3) is 20.9 Å². The highest BCUT2D eigenvalue weighted by Gasteiger charge is 2.27. The predicted octanol–water partition coefficient (Wildman–Crippen LogP) is 7.94. The van der Waals surface area contributed by atoms with Gasteiger partial charge in [0.05, 0.1) is 18.4 Å². The van der Waals surface area contributed by atoms with Crippen molar-refractivity contribution in [2.24, 2.45) is 0 Å². The molecule has 0 radical (unpaired) electrons. The zero-order valence-electron chi connectivity index (χ0n) is 33.2. The van der Waals surface area contributed by atoms with Gasteiger partial charge < -0.3 is 34.6 Å². The standard InChI is InChI=1S/C40H54N8O6S/c1-9-10-15-32-43-30(23-33(46-32)41-18-21-47(8)37(50)53-39(2,3)4)34(49)44-29-14-12-11-13-28(29)35-45-31-22-26(24-42-36(31)55-35)25-52-27-16-19-48(20-17-27)38(51)54-40(5,6)7/h11-14,22-24,27H,9-10,15-21,25H2,1-8H3,(H,44,49)(H,41,43,46). The van der Waals surface area contributed by atoms with Crippen LogP contribution >= 0.6 is 11.3 Å². The molecule has 55 heavy (non-hydrogen) atoms. The lowest BCUT2D eigenvalue weighted by atomic mass is 10.1. The van der Waals surface area contributed by atoms with Crippen molar-refractivity contribution >= 4 is 51.3 Å². The number of aromatic nitrogens is 4. The van der Waals surface area contributed by atoms with E-state index in [9.17, 15) is 14.4 Å². The molecule has 1 aliphatic heterocycles. The number of carbonyl (C=O) groups is 3. The molecule has 0 spiro atoms. The predicted molar refractivity (Wildman–Crippen MR) is 214 cm³/mol. The number of piperidine rings is 1. The number of para-hydroxylation sites is 1. The molecule has 1 fully saturated rings. The van der Waals surface area contributed by atoms with Gasteiger partial charge in [0.15, 0.2) is 0 Å². The Bertz CT molecular complexity index is 1950. The minimum absolute atomic E-state index is 0.0335. The van der Waals surface area contributed by atoms with E-state index in [1.54, 1.807) is 24.2 Å². The number of hydrogen-bond acceptors (Lipinski definition) is 12. The number of hydrogen-bond donors (Lipinski definition) is 2. The van der Waals surface area contributed by atoms with Crippen molar-refractivity contribution in [1.82, 2.24) is 29.7 Å². The molecule has 296 valence electrons. The van der Waals surface area contributed by atoms with Gasteiger partial charge in [-0.1, -0.05) is 36.8 Å². The van der Waals surface area contributed by atoms with E-state index >= 15 is 0 Å². The van der Waals surface area contributed by atoms with Crippen LogP contribution in [0, 0.1) is 0 Å². The second kappa shape index (κ2) is 18.2. The van der Waals surface area contributed by atoms with E-state index in [0.29, 0.717) is 61.5 Å². The van der Waals surface area contributed by atoms with Gasteiger partial charge in [0.25, 0.3) is 5.91 Å². The Morgan fingerprint density at radius 1 is 0.982 bits per heavy atom. The monoisotopic (exact) mass is 774 g/mol. The molecule has 14 nitrogen and oxygen atoms in total. The highest BCUT2D eigenvalue weighted by atomic mass is 32.1. The van der Waals surface area contributed by atoms with Crippen LogP contribution in [0.5, 0.6) is 0 Å². The van der Waals surface area contributed by atoms with Crippen LogP contribution in [0.4, 0.5) is 21.1 Å². The zero-order chi connectivity index (χ0) is 39.8. The Labute approximate surface area is 327 Å². The van der Waals surface area contributed by atoms with Crippen LogP contribution in [0.2, 0.25) is 0 Å². The Morgan fingerprint density at radius 3 is 2.42 bits per heavy atom. The van der Waals surface area contributed by atoms with E-state index in [4.69, 9.17) is 19.2 Å². The van der Waals surface area contributed by atoms with Crippen molar-refractivity contribution in [2.75, 3.05) is 43.9 Å². The van der Waals surface area contributed by atoms with Crippen LogP contribution in [0.15, 0.2) is 42.6 Å². The number of amides is 3. The van der Waals surface area contributed by atoms with Gasteiger partial charge in [-0.15, -0.1) is 0 Å². The molecular weight excluding hydrogens is 721 g/mol. The first-order chi connectivity index (χ1) is 26.1. The highest BCUT2D eigenvalue weighted by Crippen LogP contribution is 2.34. The Hall–Kier alpha value is -4.89. The topological polar surface area (TPSA) is 161 Å². The Kier molecular flexibility index (Phi) is 13.6. The van der Waals surface area contributed by atoms with Gasteiger partial charge in [0.1, 0.15) is 43.9 Å². The third-order valence-electron chi connectivity index (χ3n) is 8.51. The van der Waals surface area contributed by atoms with Crippen LogP contribution in [0.3, 0.4) is 0 Å². The van der Waals surface area contributed by atoms with Gasteiger partial charge in [-0.2, -0.15) is 0 Å². The third kappa shape index (κ3) is 12.3. The molecule has 0 unspecified atom stereocenters. The number of aryl methyl sites for hydroxylation is 1. The number of rotatable bonds is 13. The molecule has 0 aliphatic carbocycles. The fraction of sp³-hybridized carbons (Fsp3) is 0.525. The fourth-order valence-electron chi connectivity index (χ4n) is 5.70. The van der Waals surface area contributed by atoms with E-state index < -0.39 is 17.3 Å². The SMILES string of the molecule is CCCCc1nc(NCCN(C)C(=O)OC(C)(C)C)cc(C(=O)Nc2ccccc2-c2nc3cc(COC4CCN(C(=O)OC(C)(C)C)CC4)cnc3s2)n1. The van der Waals surface area contributed by atoms with E-state index in [2.05, 4.69) is 32.5 Å². The summed E-state index contributed by atoms with van der Waals surface area (Å²) >= 11 is 1.44. The lowest BCUT2D eigenvalue weighted by Crippen LogP contribution is -2.43. The second-order valence-corrected chi connectivity index (χ2v) is 16.6. The Balaban J connectivity index is 1.23. The molecule has 0 bridgehead atoms. The fourth-order valence-corrected chi connectivity index (χ4v) is 6.63. The average molecular weight is 775 g/mol. The maximum atomic E-state index is 13.7. The summed E-state index contributed by atoms with van der Waals surface area (Å²) in [6, 6.07) is 11.1. The van der Waals surface area contributed by atoms with Crippen LogP contribution in [-0.2, 0) is 27.2 Å². The molecular formula is C40H54N8O6S. The molecule has 3 aromatic heterocycles. The molecule has 0 atom stereocenters. The van der Waals surface area contributed by atoms with Crippen molar-refractivity contribution in [3.8, 4) is 10.6 Å². The number of likely N-dealkylation sites (N-methyl/N-ethyl adjacent to an activating group) is 1. The minimum Gasteiger partial charge on any atom is -0.444 e. The number of thiazole rings is 1. The van der Waals surface area contributed by atoms with Crippen molar-refractivity contribution in [1.29, 1.82) is 0 Å². The van der Waals surface area contributed by atoms with Crippen LogP contribution < -0.4 is 10.6 Å². The van der Waals surface area contributed by atoms with E-state index in [1.165, 1.54) is 16.2 Å². The lowest BCUT2D eigenvalue weighted by Gasteiger charge is -2.33. The van der Waals surface area contributed by atoms with Gasteiger partial charge in [0, 0.05) is 57.5 Å². The third-order valence-corrected chi connectivity index (χ3v) is 9.52. The van der Waals surface area contributed by atoms with E-state index in [-0.39, 0.29) is 23.8 Å². The Morgan fingerprint density at radius 2 is 1.71 bits per heavy atom. The molecule has 15 heteroatoms. The largest absolute Gasteiger partial charge is 0.444 e. The number of benzene rings is 1. The quantitative estimate of drug-likeness (QED) is 0.136. The van der Waals surface area contributed by atoms with Gasteiger partial charge in [-0.25, -0.2) is 29.5 Å². The maximum Gasteiger partial charge on any atom is 0.410 e.